The van der Waals surface area contributed by atoms with Crippen molar-refractivity contribution in [3.05, 3.63) is 71.8 Å². The molecule has 3 aromatic rings. The number of aliphatic carboxylic acids is 1. The summed E-state index contributed by atoms with van der Waals surface area (Å²) in [7, 11) is 2.93. The van der Waals surface area contributed by atoms with E-state index in [1.807, 2.05) is 29.2 Å². The molecule has 12 heteroatoms. The quantitative estimate of drug-likeness (QED) is 0.414. The number of methoxy groups -OCH3 is 2. The van der Waals surface area contributed by atoms with Gasteiger partial charge in [0, 0.05) is 43.5 Å². The number of carboxylic acids is 1. The van der Waals surface area contributed by atoms with E-state index in [1.165, 1.54) is 24.1 Å². The van der Waals surface area contributed by atoms with Crippen LogP contribution in [-0.4, -0.2) is 67.4 Å². The van der Waals surface area contributed by atoms with E-state index in [-0.39, 0.29) is 28.8 Å². The number of halogens is 3. The van der Waals surface area contributed by atoms with Crippen LogP contribution in [0.15, 0.2) is 65.7 Å². The summed E-state index contributed by atoms with van der Waals surface area (Å²) in [4.78, 5) is 22.3. The van der Waals surface area contributed by atoms with E-state index < -0.39 is 30.2 Å². The van der Waals surface area contributed by atoms with Crippen LogP contribution in [0.1, 0.15) is 23.6 Å². The highest BCUT2D eigenvalue weighted by Crippen LogP contribution is 2.47. The van der Waals surface area contributed by atoms with Gasteiger partial charge in [-0.25, -0.2) is 4.99 Å². The number of ether oxygens (including phenoxy) is 2. The fraction of sp³-hybridized carbons (Fsp3) is 0.310. The molecule has 0 radical (unpaired) electrons. The van der Waals surface area contributed by atoms with Crippen molar-refractivity contribution in [1.29, 1.82) is 0 Å². The first kappa shape index (κ1) is 27.9. The number of guanidine groups is 1. The number of carboxylic acid groups (broad SMARTS) is 1. The number of phenols is 1. The van der Waals surface area contributed by atoms with Crippen LogP contribution in [0.4, 0.5) is 30.2 Å². The number of aliphatic imine (C=N–C) groups is 1. The van der Waals surface area contributed by atoms with Crippen LogP contribution in [0.2, 0.25) is 0 Å². The molecule has 0 spiro atoms. The monoisotopic (exact) mass is 570 g/mol. The lowest BCUT2D eigenvalue weighted by molar-refractivity contribution is -0.138. The Bertz CT molecular complexity index is 1470. The minimum Gasteiger partial charge on any atom is -0.506 e. The Labute approximate surface area is 234 Å². The molecule has 3 aromatic carbocycles. The van der Waals surface area contributed by atoms with Gasteiger partial charge in [0.25, 0.3) is 0 Å². The molecule has 2 aliphatic rings. The van der Waals surface area contributed by atoms with Crippen molar-refractivity contribution in [2.45, 2.75) is 18.6 Å². The maximum Gasteiger partial charge on any atom is 0.416 e. The lowest BCUT2D eigenvalue weighted by Gasteiger charge is -2.45. The fourth-order valence-corrected chi connectivity index (χ4v) is 5.26. The number of nitrogens with zero attached hydrogens (tertiary/aromatic N) is 4. The van der Waals surface area contributed by atoms with Gasteiger partial charge in [-0.2, -0.15) is 13.2 Å². The van der Waals surface area contributed by atoms with Crippen LogP contribution < -0.4 is 19.3 Å². The number of para-hydroxylation sites is 1. The van der Waals surface area contributed by atoms with Gasteiger partial charge in [0.15, 0.2) is 0 Å². The Balaban J connectivity index is 1.60. The zero-order valence-electron chi connectivity index (χ0n) is 22.4. The number of phenolic OH excluding ortho intramolecular Hbond substituents is 1. The molecule has 1 saturated heterocycles. The van der Waals surface area contributed by atoms with Crippen molar-refractivity contribution in [1.82, 2.24) is 4.90 Å². The second-order valence-electron chi connectivity index (χ2n) is 9.67. The molecule has 2 heterocycles. The van der Waals surface area contributed by atoms with Gasteiger partial charge in [-0.1, -0.05) is 18.2 Å². The van der Waals surface area contributed by atoms with Crippen molar-refractivity contribution in [3.8, 4) is 17.2 Å². The molecule has 0 bridgehead atoms. The molecule has 0 saturated carbocycles. The van der Waals surface area contributed by atoms with E-state index in [2.05, 4.69) is 4.90 Å². The molecule has 2 aliphatic heterocycles. The number of hydrogen-bond donors (Lipinski definition) is 2. The number of benzene rings is 3. The van der Waals surface area contributed by atoms with E-state index in [0.29, 0.717) is 37.5 Å². The molecule has 5 rings (SSSR count). The first-order valence-electron chi connectivity index (χ1n) is 12.9. The highest BCUT2D eigenvalue weighted by atomic mass is 19.4. The van der Waals surface area contributed by atoms with Crippen molar-refractivity contribution >= 4 is 29.0 Å². The summed E-state index contributed by atoms with van der Waals surface area (Å²) in [5, 5.41) is 20.6. The number of fused-ring (bicyclic) bond motifs is 1. The SMILES string of the molecule is COc1cccc(N2CCN(C3=Nc4c(O)cccc4C(CC(=O)O)N3c3cc(C(F)(F)F)ccc3OC)CC2)c1. The van der Waals surface area contributed by atoms with Gasteiger partial charge in [-0.3, -0.25) is 4.79 Å². The molecule has 2 N–H and O–H groups in total. The summed E-state index contributed by atoms with van der Waals surface area (Å²) in [6.07, 6.45) is -5.10. The number of rotatable bonds is 6. The predicted molar refractivity (Wildman–Crippen MR) is 147 cm³/mol. The van der Waals surface area contributed by atoms with Crippen LogP contribution in [-0.2, 0) is 11.0 Å². The molecule has 0 aliphatic carbocycles. The molecule has 1 unspecified atom stereocenters. The molecular weight excluding hydrogens is 541 g/mol. The summed E-state index contributed by atoms with van der Waals surface area (Å²) in [6.45, 7) is 1.96. The van der Waals surface area contributed by atoms with E-state index in [9.17, 15) is 28.2 Å². The third-order valence-electron chi connectivity index (χ3n) is 7.26. The van der Waals surface area contributed by atoms with Crippen LogP contribution in [0.3, 0.4) is 0 Å². The molecule has 1 atom stereocenters. The van der Waals surface area contributed by atoms with Crippen LogP contribution in [0.25, 0.3) is 0 Å². The number of anilines is 2. The highest BCUT2D eigenvalue weighted by Gasteiger charge is 2.40. The summed E-state index contributed by atoms with van der Waals surface area (Å²) in [5.41, 5.74) is 0.636. The lowest BCUT2D eigenvalue weighted by atomic mass is 9.96. The minimum atomic E-state index is -4.64. The normalized spacial score (nSPS) is 17.1. The van der Waals surface area contributed by atoms with Gasteiger partial charge in [0.05, 0.1) is 37.9 Å². The van der Waals surface area contributed by atoms with Gasteiger partial charge in [-0.15, -0.1) is 0 Å². The van der Waals surface area contributed by atoms with Crippen molar-refractivity contribution < 1.29 is 37.7 Å². The van der Waals surface area contributed by atoms with Crippen LogP contribution in [0, 0.1) is 0 Å². The minimum absolute atomic E-state index is 0.0246. The van der Waals surface area contributed by atoms with Crippen molar-refractivity contribution in [3.63, 3.8) is 0 Å². The second kappa shape index (κ2) is 11.1. The topological polar surface area (TPSA) is 98.1 Å². The number of piperazine rings is 1. The van der Waals surface area contributed by atoms with Gasteiger partial charge < -0.3 is 34.4 Å². The van der Waals surface area contributed by atoms with Crippen LogP contribution in [0.5, 0.6) is 17.2 Å². The molecular formula is C29H29F3N4O5. The Kier molecular flexibility index (Phi) is 7.57. The Morgan fingerprint density at radius 2 is 1.68 bits per heavy atom. The maximum atomic E-state index is 13.8. The molecule has 1 fully saturated rings. The zero-order valence-corrected chi connectivity index (χ0v) is 22.4. The second-order valence-corrected chi connectivity index (χ2v) is 9.67. The van der Waals surface area contributed by atoms with Gasteiger partial charge in [0.1, 0.15) is 22.9 Å². The number of alkyl halides is 3. The molecule has 216 valence electrons. The average molecular weight is 571 g/mol. The predicted octanol–water partition coefficient (Wildman–Crippen LogP) is 5.27. The molecule has 9 nitrogen and oxygen atoms in total. The summed E-state index contributed by atoms with van der Waals surface area (Å²) >= 11 is 0. The summed E-state index contributed by atoms with van der Waals surface area (Å²) in [5.74, 6) is -0.244. The number of hydrogen-bond acceptors (Lipinski definition) is 8. The molecule has 0 aromatic heterocycles. The number of carbonyl (C=O) groups is 1. The van der Waals surface area contributed by atoms with E-state index in [0.717, 1.165) is 17.8 Å². The summed E-state index contributed by atoms with van der Waals surface area (Å²) in [6, 6.07) is 14.4. The Morgan fingerprint density at radius 1 is 0.976 bits per heavy atom. The standard InChI is InChI=1S/C29H29F3N4O5/c1-40-20-6-3-5-19(16-20)34-11-13-35(14-12-34)28-33-27-21(7-4-8-24(27)37)22(17-26(38)39)36(28)23-15-18(29(30,31)32)9-10-25(23)41-2/h3-10,15-16,22,37H,11-14,17H2,1-2H3,(H,38,39). The fourth-order valence-electron chi connectivity index (χ4n) is 5.26. The van der Waals surface area contributed by atoms with E-state index in [1.54, 1.807) is 19.2 Å². The van der Waals surface area contributed by atoms with E-state index in [4.69, 9.17) is 14.5 Å². The van der Waals surface area contributed by atoms with Gasteiger partial charge in [-0.05, 0) is 36.4 Å². The zero-order chi connectivity index (χ0) is 29.3. The first-order valence-corrected chi connectivity index (χ1v) is 12.9. The van der Waals surface area contributed by atoms with Crippen LogP contribution >= 0.6 is 0 Å². The van der Waals surface area contributed by atoms with Gasteiger partial charge in [0.2, 0.25) is 5.96 Å². The first-order chi connectivity index (χ1) is 19.6. The molecule has 41 heavy (non-hydrogen) atoms. The smallest absolute Gasteiger partial charge is 0.416 e. The highest BCUT2D eigenvalue weighted by molar-refractivity contribution is 6.03. The van der Waals surface area contributed by atoms with Gasteiger partial charge >= 0.3 is 12.1 Å². The average Bonchev–Trinajstić information content (AvgIpc) is 2.96. The number of aromatic hydroxyl groups is 1. The van der Waals surface area contributed by atoms with Crippen molar-refractivity contribution in [2.75, 3.05) is 50.2 Å². The third-order valence-corrected chi connectivity index (χ3v) is 7.26. The third kappa shape index (κ3) is 5.54. The summed E-state index contributed by atoms with van der Waals surface area (Å²) < 4.78 is 52.3. The Morgan fingerprint density at radius 3 is 2.34 bits per heavy atom. The molecule has 0 amide bonds. The van der Waals surface area contributed by atoms with Crippen molar-refractivity contribution in [2.24, 2.45) is 4.99 Å². The Hall–Kier alpha value is -4.61. The maximum absolute atomic E-state index is 13.8. The largest absolute Gasteiger partial charge is 0.506 e. The lowest BCUT2D eigenvalue weighted by Crippen LogP contribution is -2.55. The van der Waals surface area contributed by atoms with E-state index >= 15 is 0 Å².